The fourth-order valence-electron chi connectivity index (χ4n) is 1.65. The molecule has 1 aromatic carbocycles. The van der Waals surface area contributed by atoms with Crippen molar-refractivity contribution in [2.45, 2.75) is 37.0 Å². The van der Waals surface area contributed by atoms with Crippen molar-refractivity contribution < 1.29 is 4.52 Å². The van der Waals surface area contributed by atoms with E-state index in [1.54, 1.807) is 11.8 Å². The second-order valence-electron chi connectivity index (χ2n) is 4.60. The summed E-state index contributed by atoms with van der Waals surface area (Å²) in [6.07, 6.45) is 0.763. The molecule has 2 rings (SSSR count). The van der Waals surface area contributed by atoms with Crippen LogP contribution in [0.5, 0.6) is 0 Å². The summed E-state index contributed by atoms with van der Waals surface area (Å²) < 4.78 is 5.23. The number of nitrogens with zero attached hydrogens (tertiary/aromatic N) is 2. The van der Waals surface area contributed by atoms with Gasteiger partial charge in [0, 0.05) is 17.4 Å². The van der Waals surface area contributed by atoms with E-state index >= 15 is 0 Å². The Balaban J connectivity index is 1.90. The van der Waals surface area contributed by atoms with Crippen LogP contribution in [0.4, 0.5) is 0 Å². The lowest BCUT2D eigenvalue weighted by Gasteiger charge is -2.04. The summed E-state index contributed by atoms with van der Waals surface area (Å²) in [7, 11) is 1.93. The van der Waals surface area contributed by atoms with Gasteiger partial charge in [-0.1, -0.05) is 22.9 Å². The Morgan fingerprint density at radius 3 is 3.00 bits per heavy atom. The molecular formula is C14H19N3OS. The van der Waals surface area contributed by atoms with Crippen molar-refractivity contribution in [1.29, 1.82) is 0 Å². The van der Waals surface area contributed by atoms with Crippen LogP contribution in [0.3, 0.4) is 0 Å². The van der Waals surface area contributed by atoms with Crippen molar-refractivity contribution in [2.24, 2.45) is 0 Å². The lowest BCUT2D eigenvalue weighted by atomic mass is 10.2. The first kappa shape index (κ1) is 14.1. The van der Waals surface area contributed by atoms with Crippen LogP contribution in [-0.2, 0) is 12.2 Å². The second kappa shape index (κ2) is 6.73. The van der Waals surface area contributed by atoms with Crippen molar-refractivity contribution in [1.82, 2.24) is 15.5 Å². The molecule has 0 aliphatic heterocycles. The molecule has 1 heterocycles. The minimum absolute atomic E-state index is 0.345. The van der Waals surface area contributed by atoms with Gasteiger partial charge in [0.2, 0.25) is 5.89 Å². The highest BCUT2D eigenvalue weighted by Gasteiger charge is 2.09. The topological polar surface area (TPSA) is 51.0 Å². The van der Waals surface area contributed by atoms with E-state index < -0.39 is 0 Å². The first-order valence-electron chi connectivity index (χ1n) is 6.35. The van der Waals surface area contributed by atoms with Gasteiger partial charge in [0.25, 0.3) is 0 Å². The third-order valence-electron chi connectivity index (χ3n) is 2.84. The average Bonchev–Trinajstić information content (AvgIpc) is 2.84. The first-order chi connectivity index (χ1) is 9.17. The van der Waals surface area contributed by atoms with Crippen LogP contribution >= 0.6 is 11.8 Å². The molecule has 102 valence electrons. The summed E-state index contributed by atoms with van der Waals surface area (Å²) >= 11 is 1.73. The van der Waals surface area contributed by atoms with Gasteiger partial charge >= 0.3 is 0 Å². The van der Waals surface area contributed by atoms with Crippen molar-refractivity contribution in [3.05, 3.63) is 41.5 Å². The smallest absolute Gasteiger partial charge is 0.228 e. The molecule has 0 saturated carbocycles. The SMILES string of the molecule is CNC(C)Cc1nc(CSc2cccc(C)c2)no1. The third-order valence-corrected chi connectivity index (χ3v) is 3.83. The van der Waals surface area contributed by atoms with Gasteiger partial charge < -0.3 is 9.84 Å². The van der Waals surface area contributed by atoms with E-state index in [9.17, 15) is 0 Å². The molecule has 0 spiro atoms. The van der Waals surface area contributed by atoms with E-state index in [1.165, 1.54) is 10.5 Å². The van der Waals surface area contributed by atoms with Gasteiger partial charge in [-0.3, -0.25) is 0 Å². The maximum atomic E-state index is 5.23. The Labute approximate surface area is 118 Å². The highest BCUT2D eigenvalue weighted by Crippen LogP contribution is 2.22. The number of aromatic nitrogens is 2. The number of hydrogen-bond acceptors (Lipinski definition) is 5. The fourth-order valence-corrected chi connectivity index (χ4v) is 2.51. The van der Waals surface area contributed by atoms with Crippen LogP contribution < -0.4 is 5.32 Å². The van der Waals surface area contributed by atoms with Crippen LogP contribution in [0.15, 0.2) is 33.7 Å². The van der Waals surface area contributed by atoms with Crippen LogP contribution in [0, 0.1) is 6.92 Å². The number of aryl methyl sites for hydroxylation is 1. The van der Waals surface area contributed by atoms with Crippen LogP contribution in [0.1, 0.15) is 24.2 Å². The highest BCUT2D eigenvalue weighted by atomic mass is 32.2. The normalized spacial score (nSPS) is 12.6. The van der Waals surface area contributed by atoms with E-state index in [0.29, 0.717) is 11.9 Å². The standard InChI is InChI=1S/C14H19N3OS/c1-10-5-4-6-12(7-10)19-9-13-16-14(18-17-13)8-11(2)15-3/h4-7,11,15H,8-9H2,1-3H3. The van der Waals surface area contributed by atoms with Crippen molar-refractivity contribution in [2.75, 3.05) is 7.05 Å². The molecule has 19 heavy (non-hydrogen) atoms. The van der Waals surface area contributed by atoms with Gasteiger partial charge in [-0.15, -0.1) is 11.8 Å². The largest absolute Gasteiger partial charge is 0.339 e. The Bertz CT molecular complexity index is 527. The van der Waals surface area contributed by atoms with Gasteiger partial charge in [0.1, 0.15) is 0 Å². The number of likely N-dealkylation sites (N-methyl/N-ethyl adjacent to an activating group) is 1. The highest BCUT2D eigenvalue weighted by molar-refractivity contribution is 7.98. The molecule has 0 amide bonds. The maximum absolute atomic E-state index is 5.23. The van der Waals surface area contributed by atoms with E-state index in [2.05, 4.69) is 53.6 Å². The minimum atomic E-state index is 0.345. The zero-order chi connectivity index (χ0) is 13.7. The molecule has 1 aromatic heterocycles. The third kappa shape index (κ3) is 4.36. The minimum Gasteiger partial charge on any atom is -0.339 e. The summed E-state index contributed by atoms with van der Waals surface area (Å²) in [5.74, 6) is 2.19. The van der Waals surface area contributed by atoms with Crippen LogP contribution in [0.25, 0.3) is 0 Å². The molecule has 1 N–H and O–H groups in total. The summed E-state index contributed by atoms with van der Waals surface area (Å²) in [5, 5.41) is 7.16. The fraction of sp³-hybridized carbons (Fsp3) is 0.429. The number of nitrogens with one attached hydrogen (secondary N) is 1. The van der Waals surface area contributed by atoms with E-state index in [4.69, 9.17) is 4.52 Å². The predicted octanol–water partition coefficient (Wildman–Crippen LogP) is 2.82. The zero-order valence-electron chi connectivity index (χ0n) is 11.5. The molecule has 0 fully saturated rings. The van der Waals surface area contributed by atoms with Gasteiger partial charge in [0.05, 0.1) is 5.75 Å². The Hall–Kier alpha value is -1.33. The number of thioether (sulfide) groups is 1. The summed E-state index contributed by atoms with van der Waals surface area (Å²) in [6, 6.07) is 8.76. The molecule has 1 atom stereocenters. The van der Waals surface area contributed by atoms with Crippen molar-refractivity contribution in [3.63, 3.8) is 0 Å². The van der Waals surface area contributed by atoms with Crippen LogP contribution in [-0.4, -0.2) is 23.2 Å². The number of hydrogen-bond donors (Lipinski definition) is 1. The quantitative estimate of drug-likeness (QED) is 0.823. The lowest BCUT2D eigenvalue weighted by Crippen LogP contribution is -2.23. The first-order valence-corrected chi connectivity index (χ1v) is 7.34. The molecule has 0 radical (unpaired) electrons. The molecule has 0 aliphatic carbocycles. The van der Waals surface area contributed by atoms with E-state index in [0.717, 1.165) is 18.0 Å². The number of rotatable bonds is 6. The Morgan fingerprint density at radius 1 is 1.42 bits per heavy atom. The van der Waals surface area contributed by atoms with Crippen molar-refractivity contribution in [3.8, 4) is 0 Å². The van der Waals surface area contributed by atoms with Gasteiger partial charge in [-0.05, 0) is 33.0 Å². The molecule has 0 saturated heterocycles. The summed E-state index contributed by atoms with van der Waals surface area (Å²) in [5.41, 5.74) is 1.27. The second-order valence-corrected chi connectivity index (χ2v) is 5.65. The zero-order valence-corrected chi connectivity index (χ0v) is 12.3. The summed E-state index contributed by atoms with van der Waals surface area (Å²) in [4.78, 5) is 5.63. The molecule has 1 unspecified atom stereocenters. The van der Waals surface area contributed by atoms with Crippen molar-refractivity contribution >= 4 is 11.8 Å². The molecular weight excluding hydrogens is 258 g/mol. The predicted molar refractivity (Wildman–Crippen MR) is 77.3 cm³/mol. The molecule has 0 aliphatic rings. The maximum Gasteiger partial charge on any atom is 0.228 e. The number of benzene rings is 1. The van der Waals surface area contributed by atoms with E-state index in [1.807, 2.05) is 7.05 Å². The van der Waals surface area contributed by atoms with Gasteiger partial charge in [0.15, 0.2) is 5.82 Å². The lowest BCUT2D eigenvalue weighted by molar-refractivity contribution is 0.362. The summed E-state index contributed by atoms with van der Waals surface area (Å²) in [6.45, 7) is 4.18. The van der Waals surface area contributed by atoms with Gasteiger partial charge in [-0.25, -0.2) is 0 Å². The molecule has 4 nitrogen and oxygen atoms in total. The molecule has 5 heteroatoms. The molecule has 0 bridgehead atoms. The molecule has 2 aromatic rings. The monoisotopic (exact) mass is 277 g/mol. The van der Waals surface area contributed by atoms with Gasteiger partial charge in [-0.2, -0.15) is 4.98 Å². The van der Waals surface area contributed by atoms with E-state index in [-0.39, 0.29) is 0 Å². The average molecular weight is 277 g/mol. The van der Waals surface area contributed by atoms with Crippen LogP contribution in [0.2, 0.25) is 0 Å². The Kier molecular flexibility index (Phi) is 4.99. The Morgan fingerprint density at radius 2 is 2.26 bits per heavy atom.